The molecule has 0 bridgehead atoms. The maximum Gasteiger partial charge on any atom is 0.143 e. The predicted molar refractivity (Wildman–Crippen MR) is 102 cm³/mol. The number of nitroso groups, excluding NO2 is 1. The molecule has 3 rings (SSSR count). The second kappa shape index (κ2) is 7.78. The maximum atomic E-state index is 13.0. The molecule has 0 spiro atoms. The van der Waals surface area contributed by atoms with Gasteiger partial charge in [-0.3, -0.25) is 4.79 Å². The lowest BCUT2D eigenvalue weighted by molar-refractivity contribution is -0.138. The van der Waals surface area contributed by atoms with Gasteiger partial charge in [0.2, 0.25) is 0 Å². The number of Topliss-reactive ketones (excluding diaryl/α,β-unsaturated/α-hetero) is 1. The van der Waals surface area contributed by atoms with Crippen LogP contribution in [0.3, 0.4) is 0 Å². The Kier molecular flexibility index (Phi) is 5.44. The van der Waals surface area contributed by atoms with Gasteiger partial charge in [-0.25, -0.2) is 5.01 Å². The molecule has 1 saturated heterocycles. The Labute approximate surface area is 159 Å². The van der Waals surface area contributed by atoms with Crippen molar-refractivity contribution < 1.29 is 14.3 Å². The lowest BCUT2D eigenvalue weighted by Gasteiger charge is -2.44. The molecule has 27 heavy (non-hydrogen) atoms. The minimum Gasteiger partial charge on any atom is -0.497 e. The van der Waals surface area contributed by atoms with Crippen molar-refractivity contribution in [3.63, 3.8) is 0 Å². The van der Waals surface area contributed by atoms with E-state index in [9.17, 15) is 9.70 Å². The van der Waals surface area contributed by atoms with Gasteiger partial charge in [0.25, 0.3) is 0 Å². The van der Waals surface area contributed by atoms with Gasteiger partial charge < -0.3 is 9.47 Å². The number of nitrogens with zero attached hydrogens (tertiary/aromatic N) is 2. The molecule has 2 aromatic rings. The number of rotatable bonds is 5. The molecule has 1 aliphatic heterocycles. The smallest absolute Gasteiger partial charge is 0.143 e. The molecule has 4 atom stereocenters. The van der Waals surface area contributed by atoms with Crippen LogP contribution in [-0.4, -0.2) is 25.0 Å². The van der Waals surface area contributed by atoms with Gasteiger partial charge in [0.15, 0.2) is 0 Å². The number of ether oxygens (including phenoxy) is 2. The number of carbonyl (C=O) groups excluding carboxylic acids is 1. The van der Waals surface area contributed by atoms with Crippen molar-refractivity contribution in [1.29, 1.82) is 0 Å². The van der Waals surface area contributed by atoms with E-state index in [4.69, 9.17) is 9.47 Å². The first-order valence-corrected chi connectivity index (χ1v) is 8.95. The van der Waals surface area contributed by atoms with Gasteiger partial charge in [-0.05, 0) is 35.4 Å². The number of benzene rings is 2. The Hall–Kier alpha value is -2.89. The first-order chi connectivity index (χ1) is 13.0. The van der Waals surface area contributed by atoms with Gasteiger partial charge in [0, 0.05) is 11.8 Å². The van der Waals surface area contributed by atoms with Crippen molar-refractivity contribution in [3.8, 4) is 11.5 Å². The summed E-state index contributed by atoms with van der Waals surface area (Å²) in [5.41, 5.74) is 1.73. The molecule has 1 aliphatic rings. The van der Waals surface area contributed by atoms with Crippen LogP contribution < -0.4 is 9.47 Å². The third-order valence-electron chi connectivity index (χ3n) is 5.42. The number of methoxy groups -OCH3 is 2. The average Bonchev–Trinajstić information content (AvgIpc) is 2.72. The van der Waals surface area contributed by atoms with Crippen molar-refractivity contribution in [1.82, 2.24) is 5.01 Å². The molecule has 0 amide bonds. The van der Waals surface area contributed by atoms with Crippen molar-refractivity contribution in [2.24, 2.45) is 17.1 Å². The molecule has 6 nitrogen and oxygen atoms in total. The average molecular weight is 368 g/mol. The second-order valence-corrected chi connectivity index (χ2v) is 6.88. The SMILES string of the molecule is COc1ccc(C2C(C)C(=O)C(C)C(c3ccc(OC)cc3)N2N=O)cc1. The molecule has 0 aromatic heterocycles. The second-order valence-electron chi connectivity index (χ2n) is 6.88. The van der Waals surface area contributed by atoms with Gasteiger partial charge in [-0.15, -0.1) is 4.91 Å². The van der Waals surface area contributed by atoms with Crippen molar-refractivity contribution >= 4 is 5.78 Å². The highest BCUT2D eigenvalue weighted by Gasteiger charge is 2.46. The fraction of sp³-hybridized carbons (Fsp3) is 0.381. The topological polar surface area (TPSA) is 68.2 Å². The molecular weight excluding hydrogens is 344 g/mol. The summed E-state index contributed by atoms with van der Waals surface area (Å²) in [6.07, 6.45) is 0. The van der Waals surface area contributed by atoms with Crippen LogP contribution in [0.2, 0.25) is 0 Å². The third-order valence-corrected chi connectivity index (χ3v) is 5.42. The van der Waals surface area contributed by atoms with Crippen molar-refractivity contribution in [2.45, 2.75) is 25.9 Å². The minimum absolute atomic E-state index is 0.122. The summed E-state index contributed by atoms with van der Waals surface area (Å²) in [5, 5.41) is 4.88. The highest BCUT2D eigenvalue weighted by molar-refractivity contribution is 5.85. The van der Waals surface area contributed by atoms with Crippen LogP contribution >= 0.6 is 0 Å². The zero-order chi connectivity index (χ0) is 19.6. The molecule has 0 saturated carbocycles. The van der Waals surface area contributed by atoms with E-state index < -0.39 is 12.1 Å². The van der Waals surface area contributed by atoms with Gasteiger partial charge in [0.1, 0.15) is 17.3 Å². The molecule has 6 heteroatoms. The molecule has 142 valence electrons. The molecule has 1 fully saturated rings. The van der Waals surface area contributed by atoms with Crippen LogP contribution in [0.4, 0.5) is 0 Å². The zero-order valence-corrected chi connectivity index (χ0v) is 16.0. The van der Waals surface area contributed by atoms with E-state index in [2.05, 4.69) is 5.29 Å². The van der Waals surface area contributed by atoms with Crippen LogP contribution in [0.1, 0.15) is 37.1 Å². The van der Waals surface area contributed by atoms with Crippen molar-refractivity contribution in [3.05, 3.63) is 64.6 Å². The summed E-state index contributed by atoms with van der Waals surface area (Å²) in [4.78, 5) is 24.9. The number of hydrogen-bond acceptors (Lipinski definition) is 5. The lowest BCUT2D eigenvalue weighted by Crippen LogP contribution is -2.46. The van der Waals surface area contributed by atoms with E-state index in [0.717, 1.165) is 22.6 Å². The van der Waals surface area contributed by atoms with E-state index in [1.165, 1.54) is 5.01 Å². The predicted octanol–water partition coefficient (Wildman–Crippen LogP) is 4.32. The summed E-state index contributed by atoms with van der Waals surface area (Å²) in [6, 6.07) is 14.0. The number of piperidine rings is 1. The Morgan fingerprint density at radius 3 is 1.44 bits per heavy atom. The summed E-state index contributed by atoms with van der Waals surface area (Å²) in [6.45, 7) is 3.71. The minimum atomic E-state index is -0.427. The highest BCUT2D eigenvalue weighted by Crippen LogP contribution is 2.46. The summed E-state index contributed by atoms with van der Waals surface area (Å²) in [5.74, 6) is 0.871. The van der Waals surface area contributed by atoms with E-state index in [-0.39, 0.29) is 17.6 Å². The molecular formula is C21H24N2O4. The number of carbonyl (C=O) groups is 1. The van der Waals surface area contributed by atoms with E-state index in [1.54, 1.807) is 14.2 Å². The Bertz CT molecular complexity index is 740. The van der Waals surface area contributed by atoms with E-state index in [1.807, 2.05) is 62.4 Å². The maximum absolute atomic E-state index is 13.0. The summed E-state index contributed by atoms with van der Waals surface area (Å²) in [7, 11) is 3.20. The lowest BCUT2D eigenvalue weighted by atomic mass is 9.75. The molecule has 4 unspecified atom stereocenters. The third kappa shape index (κ3) is 3.39. The normalized spacial score (nSPS) is 25.2. The van der Waals surface area contributed by atoms with Gasteiger partial charge in [-0.2, -0.15) is 0 Å². The van der Waals surface area contributed by atoms with Crippen LogP contribution in [0.5, 0.6) is 11.5 Å². The highest BCUT2D eigenvalue weighted by atomic mass is 16.5. The summed E-state index contributed by atoms with van der Waals surface area (Å²) >= 11 is 0. The monoisotopic (exact) mass is 368 g/mol. The molecule has 2 aromatic carbocycles. The Morgan fingerprint density at radius 1 is 0.778 bits per heavy atom. The first kappa shape index (κ1) is 18.9. The van der Waals surface area contributed by atoms with Crippen LogP contribution in [0.15, 0.2) is 53.8 Å². The number of ketones is 1. The molecule has 0 radical (unpaired) electrons. The standard InChI is InChI=1S/C21H24N2O4/c1-13-19(15-5-9-17(26-3)10-6-15)23(22-25)20(14(2)21(13)24)16-7-11-18(27-4)12-8-16/h5-14,19-20H,1-4H3. The van der Waals surface area contributed by atoms with E-state index in [0.29, 0.717) is 0 Å². The van der Waals surface area contributed by atoms with Crippen LogP contribution in [-0.2, 0) is 4.79 Å². The fourth-order valence-corrected chi connectivity index (χ4v) is 3.94. The van der Waals surface area contributed by atoms with Crippen LogP contribution in [0.25, 0.3) is 0 Å². The first-order valence-electron chi connectivity index (χ1n) is 8.95. The quantitative estimate of drug-likeness (QED) is 0.735. The molecule has 1 heterocycles. The Balaban J connectivity index is 2.04. The Morgan fingerprint density at radius 2 is 1.15 bits per heavy atom. The molecule has 0 aliphatic carbocycles. The molecule has 0 N–H and O–H groups in total. The number of hydrogen-bond donors (Lipinski definition) is 0. The zero-order valence-electron chi connectivity index (χ0n) is 16.0. The van der Waals surface area contributed by atoms with E-state index >= 15 is 0 Å². The van der Waals surface area contributed by atoms with Crippen LogP contribution in [0, 0.1) is 16.7 Å². The van der Waals surface area contributed by atoms with Gasteiger partial charge in [-0.1, -0.05) is 38.1 Å². The van der Waals surface area contributed by atoms with Crippen molar-refractivity contribution in [2.75, 3.05) is 14.2 Å². The summed E-state index contributed by atoms with van der Waals surface area (Å²) < 4.78 is 10.4. The largest absolute Gasteiger partial charge is 0.497 e. The van der Waals surface area contributed by atoms with Gasteiger partial charge >= 0.3 is 0 Å². The fourth-order valence-electron chi connectivity index (χ4n) is 3.94. The van der Waals surface area contributed by atoms with Gasteiger partial charge in [0.05, 0.1) is 31.6 Å².